The van der Waals surface area contributed by atoms with Crippen LogP contribution in [0, 0.1) is 5.92 Å². The zero-order valence-electron chi connectivity index (χ0n) is 26.1. The molecule has 1 aliphatic heterocycles. The minimum atomic E-state index is -2.65. The monoisotopic (exact) mass is 571 g/mol. The van der Waals surface area contributed by atoms with E-state index < -0.39 is 8.32 Å². The molecule has 0 saturated heterocycles. The predicted octanol–water partition coefficient (Wildman–Crippen LogP) is 5.83. The van der Waals surface area contributed by atoms with E-state index in [4.69, 9.17) is 14.9 Å². The summed E-state index contributed by atoms with van der Waals surface area (Å²) in [6, 6.07) is 28.2. The second kappa shape index (κ2) is 12.8. The summed E-state index contributed by atoms with van der Waals surface area (Å²) in [6.45, 7) is 16.1. The molecule has 1 heterocycles. The molecule has 3 aromatic rings. The Balaban J connectivity index is 1.72. The van der Waals surface area contributed by atoms with Crippen molar-refractivity contribution in [2.75, 3.05) is 18.6 Å². The van der Waals surface area contributed by atoms with Crippen molar-refractivity contribution in [3.8, 4) is 5.75 Å². The molecule has 3 atom stereocenters. The lowest BCUT2D eigenvalue weighted by molar-refractivity contribution is 0.196. The minimum absolute atomic E-state index is 0.0481. The number of allylic oxidation sites excluding steroid dienone is 1. The van der Waals surface area contributed by atoms with Crippen molar-refractivity contribution in [2.45, 2.75) is 78.1 Å². The first-order chi connectivity index (χ1) is 19.4. The van der Waals surface area contributed by atoms with Gasteiger partial charge >= 0.3 is 0 Å². The van der Waals surface area contributed by atoms with Gasteiger partial charge in [0.15, 0.2) is 0 Å². The van der Waals surface area contributed by atoms with Crippen molar-refractivity contribution in [2.24, 2.45) is 11.7 Å². The van der Waals surface area contributed by atoms with Crippen molar-refractivity contribution in [1.29, 1.82) is 0 Å². The molecule has 0 spiro atoms. The normalized spacial score (nSPS) is 17.6. The van der Waals surface area contributed by atoms with E-state index in [2.05, 4.69) is 137 Å². The summed E-state index contributed by atoms with van der Waals surface area (Å²) in [4.78, 5) is 2.29. The third-order valence-electron chi connectivity index (χ3n) is 8.31. The van der Waals surface area contributed by atoms with Crippen LogP contribution >= 0.6 is 0 Å². The van der Waals surface area contributed by atoms with Crippen LogP contribution in [-0.2, 0) is 10.8 Å². The molecule has 3 aromatic carbocycles. The average Bonchev–Trinajstić information content (AvgIpc) is 2.93. The fourth-order valence-electron chi connectivity index (χ4n) is 5.84. The number of anilines is 1. The van der Waals surface area contributed by atoms with E-state index >= 15 is 0 Å². The number of hydrogen-bond donors (Lipinski definition) is 2. The van der Waals surface area contributed by atoms with Gasteiger partial charge < -0.3 is 25.1 Å². The van der Waals surface area contributed by atoms with Crippen LogP contribution in [0.2, 0.25) is 5.04 Å². The quantitative estimate of drug-likeness (QED) is 0.317. The molecule has 5 nitrogen and oxygen atoms in total. The standard InChI is InChI=1S/C35H49N3O2Si/c1-25(2)34-23-37-29(21-28-19-20-30(22-33(28)38(34)8)40-27(4)26(3)36)24-39-41(35(5,6)7,31-15-11-9-12-16-31)32-17-13-10-14-18-32/h9-20,22-23,25-27,29,37H,21,24,36H2,1-8H3/t26-,27?,29-/m0/s1. The van der Waals surface area contributed by atoms with Crippen LogP contribution in [0.3, 0.4) is 0 Å². The Morgan fingerprint density at radius 2 is 1.51 bits per heavy atom. The molecule has 0 aromatic heterocycles. The molecular formula is C35H49N3O2Si. The van der Waals surface area contributed by atoms with Crippen LogP contribution in [0.25, 0.3) is 0 Å². The molecule has 1 aliphatic rings. The second-order valence-corrected chi connectivity index (χ2v) is 17.1. The summed E-state index contributed by atoms with van der Waals surface area (Å²) in [5.74, 6) is 1.18. The first-order valence-corrected chi connectivity index (χ1v) is 16.8. The molecule has 0 aliphatic carbocycles. The number of hydrogen-bond acceptors (Lipinski definition) is 5. The highest BCUT2D eigenvalue weighted by atomic mass is 28.4. The van der Waals surface area contributed by atoms with Crippen LogP contribution in [0.1, 0.15) is 54.0 Å². The zero-order valence-corrected chi connectivity index (χ0v) is 27.1. The van der Waals surface area contributed by atoms with Crippen LogP contribution in [-0.4, -0.2) is 40.2 Å². The average molecular weight is 572 g/mol. The van der Waals surface area contributed by atoms with E-state index in [1.54, 1.807) is 0 Å². The van der Waals surface area contributed by atoms with E-state index in [-0.39, 0.29) is 23.2 Å². The van der Waals surface area contributed by atoms with Gasteiger partial charge in [-0.3, -0.25) is 0 Å². The topological polar surface area (TPSA) is 59.8 Å². The summed E-state index contributed by atoms with van der Waals surface area (Å²) < 4.78 is 13.5. The highest BCUT2D eigenvalue weighted by Crippen LogP contribution is 2.37. The molecule has 4 rings (SSSR count). The Morgan fingerprint density at radius 1 is 0.927 bits per heavy atom. The Hall–Kier alpha value is -3.06. The molecule has 0 fully saturated rings. The summed E-state index contributed by atoms with van der Waals surface area (Å²) >= 11 is 0. The summed E-state index contributed by atoms with van der Waals surface area (Å²) in [6.07, 6.45) is 2.95. The van der Waals surface area contributed by atoms with Gasteiger partial charge in [-0.05, 0) is 53.2 Å². The summed E-state index contributed by atoms with van der Waals surface area (Å²) in [7, 11) is -0.504. The molecule has 220 valence electrons. The maximum atomic E-state index is 7.34. The number of nitrogens with zero attached hydrogens (tertiary/aromatic N) is 1. The van der Waals surface area contributed by atoms with Crippen LogP contribution in [0.5, 0.6) is 5.75 Å². The molecular weight excluding hydrogens is 522 g/mol. The fraction of sp³-hybridized carbons (Fsp3) is 0.429. The van der Waals surface area contributed by atoms with Gasteiger partial charge in [0, 0.05) is 36.7 Å². The van der Waals surface area contributed by atoms with Crippen molar-refractivity contribution in [3.05, 3.63) is 96.3 Å². The highest BCUT2D eigenvalue weighted by molar-refractivity contribution is 6.99. The predicted molar refractivity (Wildman–Crippen MR) is 176 cm³/mol. The number of ether oxygens (including phenoxy) is 1. The van der Waals surface area contributed by atoms with Crippen molar-refractivity contribution in [3.63, 3.8) is 0 Å². The van der Waals surface area contributed by atoms with Gasteiger partial charge in [0.25, 0.3) is 8.32 Å². The zero-order chi connectivity index (χ0) is 29.8. The summed E-state index contributed by atoms with van der Waals surface area (Å²) in [5, 5.41) is 6.29. The molecule has 3 N–H and O–H groups in total. The molecule has 0 radical (unpaired) electrons. The van der Waals surface area contributed by atoms with Gasteiger partial charge in [0.2, 0.25) is 0 Å². The van der Waals surface area contributed by atoms with E-state index in [1.807, 2.05) is 13.8 Å². The van der Waals surface area contributed by atoms with Crippen molar-refractivity contribution < 1.29 is 9.16 Å². The first kappa shape index (κ1) is 30.9. The molecule has 6 heteroatoms. The maximum absolute atomic E-state index is 7.34. The van der Waals surface area contributed by atoms with Crippen molar-refractivity contribution in [1.82, 2.24) is 5.32 Å². The van der Waals surface area contributed by atoms with Gasteiger partial charge in [0.05, 0.1) is 12.6 Å². The van der Waals surface area contributed by atoms with E-state index in [0.717, 1.165) is 17.9 Å². The molecule has 0 bridgehead atoms. The van der Waals surface area contributed by atoms with Gasteiger partial charge in [0.1, 0.15) is 11.9 Å². The van der Waals surface area contributed by atoms with Crippen molar-refractivity contribution >= 4 is 24.4 Å². The number of fused-ring (bicyclic) bond motifs is 1. The third kappa shape index (κ3) is 6.72. The van der Waals surface area contributed by atoms with E-state index in [0.29, 0.717) is 12.5 Å². The van der Waals surface area contributed by atoms with Gasteiger partial charge in [-0.1, -0.05) is 101 Å². The maximum Gasteiger partial charge on any atom is 0.261 e. The number of nitrogens with two attached hydrogens (primary N) is 1. The number of rotatable bonds is 9. The van der Waals surface area contributed by atoms with E-state index in [9.17, 15) is 0 Å². The largest absolute Gasteiger partial charge is 0.489 e. The summed E-state index contributed by atoms with van der Waals surface area (Å²) in [5.41, 5.74) is 9.75. The van der Waals surface area contributed by atoms with E-state index in [1.165, 1.54) is 21.6 Å². The van der Waals surface area contributed by atoms with Crippen LogP contribution < -0.4 is 31.1 Å². The highest BCUT2D eigenvalue weighted by Gasteiger charge is 2.50. The molecule has 0 saturated carbocycles. The fourth-order valence-corrected chi connectivity index (χ4v) is 10.4. The minimum Gasteiger partial charge on any atom is -0.489 e. The molecule has 1 unspecified atom stereocenters. The van der Waals surface area contributed by atoms with Crippen LogP contribution in [0.15, 0.2) is 90.8 Å². The van der Waals surface area contributed by atoms with Gasteiger partial charge in [-0.25, -0.2) is 0 Å². The number of benzene rings is 3. The SMILES string of the molecule is CC(C)C1=CN[C@H](CO[Si](c2ccccc2)(c2ccccc2)C(C)(C)C)Cc2ccc(OC(C)[C@H](C)N)cc2N1C. The second-order valence-electron chi connectivity index (χ2n) is 12.8. The molecule has 41 heavy (non-hydrogen) atoms. The van der Waals surface area contributed by atoms with Crippen LogP contribution in [0.4, 0.5) is 5.69 Å². The Kier molecular flexibility index (Phi) is 9.68. The number of nitrogens with one attached hydrogen (secondary N) is 1. The van der Waals surface area contributed by atoms with Gasteiger partial charge in [-0.2, -0.15) is 0 Å². The lowest BCUT2D eigenvalue weighted by Crippen LogP contribution is -2.67. The first-order valence-electron chi connectivity index (χ1n) is 14.9. The third-order valence-corrected chi connectivity index (χ3v) is 13.3. The lowest BCUT2D eigenvalue weighted by Gasteiger charge is -2.44. The van der Waals surface area contributed by atoms with Gasteiger partial charge in [-0.15, -0.1) is 0 Å². The lowest BCUT2D eigenvalue weighted by atomic mass is 10.00. The molecule has 0 amide bonds. The Bertz CT molecular complexity index is 1260. The Morgan fingerprint density at radius 3 is 2.02 bits per heavy atom. The Labute approximate surface area is 248 Å². The smallest absolute Gasteiger partial charge is 0.261 e.